The van der Waals surface area contributed by atoms with Gasteiger partial charge >= 0.3 is 5.97 Å². The third-order valence-electron chi connectivity index (χ3n) is 0.340. The van der Waals surface area contributed by atoms with Crippen molar-refractivity contribution in [1.82, 2.24) is 0 Å². The van der Waals surface area contributed by atoms with Crippen LogP contribution in [0, 0.1) is 0 Å². The van der Waals surface area contributed by atoms with Crippen molar-refractivity contribution in [2.24, 2.45) is 4.74 Å². The van der Waals surface area contributed by atoms with Crippen LogP contribution < -0.4 is 0 Å². The van der Waals surface area contributed by atoms with Crippen LogP contribution >= 0.6 is 18.5 Å². The number of carbonyl (C=O) groups is 1. The van der Waals surface area contributed by atoms with Gasteiger partial charge in [-0.3, -0.25) is 4.74 Å². The summed E-state index contributed by atoms with van der Waals surface area (Å²) < 4.78 is 7.47. The molecule has 0 aliphatic rings. The monoisotopic (exact) mass is 137 g/mol. The van der Waals surface area contributed by atoms with Crippen LogP contribution in [-0.4, -0.2) is 12.5 Å². The molecule has 0 N–H and O–H groups in total. The lowest BCUT2D eigenvalue weighted by Gasteiger charge is -1.87. The summed E-state index contributed by atoms with van der Waals surface area (Å²) in [7, 11) is 4.59. The van der Waals surface area contributed by atoms with Gasteiger partial charge in [0, 0.05) is 0 Å². The molecule has 0 fully saturated rings. The highest BCUT2D eigenvalue weighted by Crippen LogP contribution is 1.87. The standard InChI is InChI=1S/C2H5NO2P2/c4-2(5-7)1-3-6/h6H,1,7H2. The number of hydrogen-bond acceptors (Lipinski definition) is 3. The summed E-state index contributed by atoms with van der Waals surface area (Å²) in [6, 6.07) is 0. The Bertz CT molecular complexity index is 83.8. The minimum absolute atomic E-state index is 0.0559. The Morgan fingerprint density at radius 1 is 2.00 bits per heavy atom. The normalized spacial score (nSPS) is 7.57. The predicted octanol–water partition coefficient (Wildman–Crippen LogP) is 0.646. The molecule has 0 bridgehead atoms. The lowest BCUT2D eigenvalue weighted by molar-refractivity contribution is -0.131. The van der Waals surface area contributed by atoms with Crippen molar-refractivity contribution in [2.75, 3.05) is 6.54 Å². The SMILES string of the molecule is O=C(CN=P)OP. The largest absolute Gasteiger partial charge is 0.450 e. The zero-order valence-corrected chi connectivity index (χ0v) is 5.70. The van der Waals surface area contributed by atoms with E-state index in [9.17, 15) is 4.79 Å². The van der Waals surface area contributed by atoms with E-state index in [1.165, 1.54) is 0 Å². The van der Waals surface area contributed by atoms with E-state index in [-0.39, 0.29) is 12.5 Å². The molecular weight excluding hydrogens is 132 g/mol. The van der Waals surface area contributed by atoms with Crippen molar-refractivity contribution in [3.05, 3.63) is 0 Å². The lowest BCUT2D eigenvalue weighted by Crippen LogP contribution is -1.98. The summed E-state index contributed by atoms with van der Waals surface area (Å²) in [4.78, 5) is 10.0. The van der Waals surface area contributed by atoms with Gasteiger partial charge < -0.3 is 4.52 Å². The van der Waals surface area contributed by atoms with Crippen LogP contribution in [0.1, 0.15) is 0 Å². The maximum Gasteiger partial charge on any atom is 0.330 e. The van der Waals surface area contributed by atoms with Gasteiger partial charge in [0.2, 0.25) is 0 Å². The number of nitrogens with zero attached hydrogens (tertiary/aromatic N) is 1. The number of carbonyl (C=O) groups excluding carboxylic acids is 1. The fourth-order valence-electron chi connectivity index (χ4n) is 0.102. The van der Waals surface area contributed by atoms with E-state index in [2.05, 4.69) is 18.3 Å². The Labute approximate surface area is 46.0 Å². The maximum atomic E-state index is 10.0. The van der Waals surface area contributed by atoms with Crippen LogP contribution in [0.2, 0.25) is 0 Å². The number of hydrogen-bond donors (Lipinski definition) is 0. The fourth-order valence-corrected chi connectivity index (χ4v) is 0.305. The van der Waals surface area contributed by atoms with Crippen LogP contribution in [0.3, 0.4) is 0 Å². The van der Waals surface area contributed by atoms with E-state index in [0.29, 0.717) is 0 Å². The molecule has 1 unspecified atom stereocenters. The summed E-state index contributed by atoms with van der Waals surface area (Å²) in [5.74, 6) is -0.375. The highest BCUT2D eigenvalue weighted by Gasteiger charge is 1.91. The average molecular weight is 137 g/mol. The van der Waals surface area contributed by atoms with Crippen molar-refractivity contribution >= 4 is 24.5 Å². The molecule has 0 radical (unpaired) electrons. The van der Waals surface area contributed by atoms with Crippen molar-refractivity contribution in [3.63, 3.8) is 0 Å². The topological polar surface area (TPSA) is 38.7 Å². The molecule has 0 saturated carbocycles. The number of rotatable bonds is 2. The van der Waals surface area contributed by atoms with Crippen LogP contribution in [-0.2, 0) is 9.32 Å². The van der Waals surface area contributed by atoms with Gasteiger partial charge in [-0.05, 0) is 9.03 Å². The maximum absolute atomic E-state index is 10.0. The van der Waals surface area contributed by atoms with E-state index in [1.54, 1.807) is 0 Å². The van der Waals surface area contributed by atoms with E-state index >= 15 is 0 Å². The van der Waals surface area contributed by atoms with Gasteiger partial charge in [0.15, 0.2) is 0 Å². The quantitative estimate of drug-likeness (QED) is 0.524. The molecule has 5 heteroatoms. The predicted molar refractivity (Wildman–Crippen MR) is 31.4 cm³/mol. The Morgan fingerprint density at radius 3 is 2.71 bits per heavy atom. The van der Waals surface area contributed by atoms with Gasteiger partial charge in [-0.1, -0.05) is 0 Å². The third-order valence-corrected chi connectivity index (χ3v) is 0.761. The van der Waals surface area contributed by atoms with Crippen LogP contribution in [0.15, 0.2) is 4.74 Å². The van der Waals surface area contributed by atoms with Crippen molar-refractivity contribution in [2.45, 2.75) is 0 Å². The van der Waals surface area contributed by atoms with E-state index in [1.807, 2.05) is 9.47 Å². The molecule has 3 nitrogen and oxygen atoms in total. The first-order valence-corrected chi connectivity index (χ1v) is 2.46. The molecule has 1 atom stereocenters. The fraction of sp³-hybridized carbons (Fsp3) is 0.500. The van der Waals surface area contributed by atoms with Crippen LogP contribution in [0.4, 0.5) is 0 Å². The van der Waals surface area contributed by atoms with Crippen LogP contribution in [0.25, 0.3) is 0 Å². The molecule has 0 saturated heterocycles. The minimum Gasteiger partial charge on any atom is -0.450 e. The first-order valence-electron chi connectivity index (χ1n) is 1.54. The minimum atomic E-state index is -0.375. The van der Waals surface area contributed by atoms with Gasteiger partial charge in [0.05, 0.1) is 9.47 Å². The first kappa shape index (κ1) is 7.00. The van der Waals surface area contributed by atoms with Crippen molar-refractivity contribution in [3.8, 4) is 0 Å². The molecule has 0 aromatic heterocycles. The van der Waals surface area contributed by atoms with Gasteiger partial charge in [-0.15, -0.1) is 0 Å². The average Bonchev–Trinajstić information content (AvgIpc) is 1.68. The summed E-state index contributed by atoms with van der Waals surface area (Å²) in [6.07, 6.45) is 0. The molecule has 0 heterocycles. The van der Waals surface area contributed by atoms with Crippen molar-refractivity contribution < 1.29 is 9.32 Å². The van der Waals surface area contributed by atoms with Gasteiger partial charge in [-0.25, -0.2) is 4.79 Å². The highest BCUT2D eigenvalue weighted by molar-refractivity contribution is 7.10. The third kappa shape index (κ3) is 3.84. The second-order valence-electron chi connectivity index (χ2n) is 0.806. The molecular formula is C2H5NO2P2. The van der Waals surface area contributed by atoms with E-state index < -0.39 is 0 Å². The summed E-state index contributed by atoms with van der Waals surface area (Å²) >= 11 is 0. The highest BCUT2D eigenvalue weighted by atomic mass is 31.0. The van der Waals surface area contributed by atoms with Gasteiger partial charge in [-0.2, -0.15) is 0 Å². The Kier molecular flexibility index (Phi) is 4.17. The molecule has 40 valence electrons. The molecule has 0 spiro atoms. The molecule has 0 aromatic carbocycles. The molecule has 7 heavy (non-hydrogen) atoms. The lowest BCUT2D eigenvalue weighted by atomic mass is 10.7. The zero-order chi connectivity index (χ0) is 5.70. The molecule has 0 amide bonds. The van der Waals surface area contributed by atoms with E-state index in [4.69, 9.17) is 0 Å². The Balaban J connectivity index is 3.17. The van der Waals surface area contributed by atoms with Crippen molar-refractivity contribution in [1.29, 1.82) is 0 Å². The molecule has 0 aliphatic carbocycles. The summed E-state index contributed by atoms with van der Waals surface area (Å²) in [6.45, 7) is 0.0559. The zero-order valence-electron chi connectivity index (χ0n) is 3.55. The first-order chi connectivity index (χ1) is 3.31. The molecule has 0 aromatic rings. The second kappa shape index (κ2) is 4.17. The van der Waals surface area contributed by atoms with Crippen LogP contribution in [0.5, 0.6) is 0 Å². The summed E-state index contributed by atoms with van der Waals surface area (Å²) in [5.41, 5.74) is 0. The van der Waals surface area contributed by atoms with E-state index in [0.717, 1.165) is 0 Å². The second-order valence-corrected chi connectivity index (χ2v) is 1.36. The van der Waals surface area contributed by atoms with Gasteiger partial charge in [0.25, 0.3) is 0 Å². The smallest absolute Gasteiger partial charge is 0.330 e. The summed E-state index contributed by atoms with van der Waals surface area (Å²) in [5, 5.41) is 0. The van der Waals surface area contributed by atoms with Gasteiger partial charge in [0.1, 0.15) is 6.54 Å². The molecule has 0 rings (SSSR count). The Hall–Kier alpha value is -0.0000000000000000555. The Morgan fingerprint density at radius 2 is 2.57 bits per heavy atom. The molecule has 0 aliphatic heterocycles.